The lowest BCUT2D eigenvalue weighted by Gasteiger charge is -2.35. The molecule has 2 aromatic carbocycles. The van der Waals surface area contributed by atoms with Crippen molar-refractivity contribution in [3.63, 3.8) is 0 Å². The van der Waals surface area contributed by atoms with Crippen molar-refractivity contribution in [2.24, 2.45) is 0 Å². The summed E-state index contributed by atoms with van der Waals surface area (Å²) in [5.74, 6) is -0.466. The number of hydrogen-bond acceptors (Lipinski definition) is 4. The van der Waals surface area contributed by atoms with E-state index < -0.39 is 0 Å². The Bertz CT molecular complexity index is 904. The fourth-order valence-electron chi connectivity index (χ4n) is 3.64. The molecule has 3 rings (SSSR count). The van der Waals surface area contributed by atoms with E-state index in [-0.39, 0.29) is 36.5 Å². The van der Waals surface area contributed by atoms with Crippen molar-refractivity contribution >= 4 is 17.7 Å². The second-order valence-electron chi connectivity index (χ2n) is 7.97. The number of rotatable bonds is 6. The van der Waals surface area contributed by atoms with Gasteiger partial charge in [-0.3, -0.25) is 14.4 Å². The van der Waals surface area contributed by atoms with Gasteiger partial charge in [-0.2, -0.15) is 0 Å². The quantitative estimate of drug-likeness (QED) is 0.774. The molecule has 2 unspecified atom stereocenters. The predicted molar refractivity (Wildman–Crippen MR) is 118 cm³/mol. The SMILES string of the molecule is CC1CN(C(=O)c2ccc(CNC(=O)CN(C)C(=O)c3ccccc3)cc2)CC(C)O1. The van der Waals surface area contributed by atoms with Gasteiger partial charge in [0.2, 0.25) is 5.91 Å². The van der Waals surface area contributed by atoms with Crippen molar-refractivity contribution in [3.8, 4) is 0 Å². The molecule has 2 atom stereocenters. The predicted octanol–water partition coefficient (Wildman–Crippen LogP) is 2.32. The Kier molecular flexibility index (Phi) is 7.41. The van der Waals surface area contributed by atoms with Crippen LogP contribution in [-0.2, 0) is 16.1 Å². The third-order valence-electron chi connectivity index (χ3n) is 5.15. The number of benzene rings is 2. The molecule has 0 aliphatic carbocycles. The summed E-state index contributed by atoms with van der Waals surface area (Å²) in [5, 5.41) is 2.82. The van der Waals surface area contributed by atoms with E-state index in [1.165, 1.54) is 4.90 Å². The Balaban J connectivity index is 1.49. The van der Waals surface area contributed by atoms with E-state index in [9.17, 15) is 14.4 Å². The summed E-state index contributed by atoms with van der Waals surface area (Å²) < 4.78 is 5.68. The number of hydrogen-bond donors (Lipinski definition) is 1. The van der Waals surface area contributed by atoms with E-state index in [1.54, 1.807) is 43.4 Å². The highest BCUT2D eigenvalue weighted by molar-refractivity contribution is 5.96. The molecule has 1 aliphatic rings. The lowest BCUT2D eigenvalue weighted by molar-refractivity contribution is -0.121. The van der Waals surface area contributed by atoms with Gasteiger partial charge in [-0.1, -0.05) is 30.3 Å². The van der Waals surface area contributed by atoms with Crippen LogP contribution < -0.4 is 5.32 Å². The number of carbonyl (C=O) groups excluding carboxylic acids is 3. The van der Waals surface area contributed by atoms with Gasteiger partial charge in [0.05, 0.1) is 18.8 Å². The Hall–Kier alpha value is -3.19. The standard InChI is InChI=1S/C24H29N3O4/c1-17-14-27(15-18(2)31-17)24(30)21-11-9-19(10-12-21)13-25-22(28)16-26(3)23(29)20-7-5-4-6-8-20/h4-12,17-18H,13-16H2,1-3H3,(H,25,28). The molecule has 1 aliphatic heterocycles. The number of ether oxygens (including phenoxy) is 1. The van der Waals surface area contributed by atoms with Gasteiger partial charge in [0.25, 0.3) is 11.8 Å². The van der Waals surface area contributed by atoms with E-state index in [0.717, 1.165) is 5.56 Å². The molecule has 1 saturated heterocycles. The molecule has 0 radical (unpaired) electrons. The van der Waals surface area contributed by atoms with Crippen LogP contribution in [-0.4, -0.2) is 66.4 Å². The molecular weight excluding hydrogens is 394 g/mol. The van der Waals surface area contributed by atoms with Gasteiger partial charge in [-0.15, -0.1) is 0 Å². The lowest BCUT2D eigenvalue weighted by Crippen LogP contribution is -2.48. The van der Waals surface area contributed by atoms with E-state index in [1.807, 2.05) is 36.9 Å². The van der Waals surface area contributed by atoms with Crippen LogP contribution in [0, 0.1) is 0 Å². The summed E-state index contributed by atoms with van der Waals surface area (Å²) in [6, 6.07) is 16.1. The zero-order chi connectivity index (χ0) is 22.4. The molecule has 31 heavy (non-hydrogen) atoms. The highest BCUT2D eigenvalue weighted by Gasteiger charge is 2.26. The van der Waals surface area contributed by atoms with E-state index in [4.69, 9.17) is 4.74 Å². The molecule has 7 nitrogen and oxygen atoms in total. The first-order valence-corrected chi connectivity index (χ1v) is 10.4. The van der Waals surface area contributed by atoms with Gasteiger partial charge in [0.15, 0.2) is 0 Å². The minimum atomic E-state index is -0.247. The maximum atomic E-state index is 12.7. The van der Waals surface area contributed by atoms with Gasteiger partial charge in [-0.05, 0) is 43.7 Å². The van der Waals surface area contributed by atoms with Crippen LogP contribution in [0.25, 0.3) is 0 Å². The largest absolute Gasteiger partial charge is 0.372 e. The minimum Gasteiger partial charge on any atom is -0.372 e. The molecule has 1 fully saturated rings. The number of likely N-dealkylation sites (N-methyl/N-ethyl adjacent to an activating group) is 1. The molecule has 3 amide bonds. The monoisotopic (exact) mass is 423 g/mol. The van der Waals surface area contributed by atoms with Gasteiger partial charge in [-0.25, -0.2) is 0 Å². The molecule has 0 spiro atoms. The Morgan fingerprint density at radius 2 is 1.58 bits per heavy atom. The molecular formula is C24H29N3O4. The Morgan fingerprint density at radius 1 is 0.968 bits per heavy atom. The van der Waals surface area contributed by atoms with Gasteiger partial charge < -0.3 is 19.9 Å². The summed E-state index contributed by atoms with van der Waals surface area (Å²) in [4.78, 5) is 40.5. The highest BCUT2D eigenvalue weighted by Crippen LogP contribution is 2.15. The van der Waals surface area contributed by atoms with E-state index in [0.29, 0.717) is 30.8 Å². The molecule has 7 heteroatoms. The van der Waals surface area contributed by atoms with Gasteiger partial charge in [0.1, 0.15) is 0 Å². The number of amides is 3. The van der Waals surface area contributed by atoms with Crippen LogP contribution in [0.4, 0.5) is 0 Å². The second-order valence-corrected chi connectivity index (χ2v) is 7.97. The zero-order valence-electron chi connectivity index (χ0n) is 18.2. The third-order valence-corrected chi connectivity index (χ3v) is 5.15. The van der Waals surface area contributed by atoms with Crippen molar-refractivity contribution < 1.29 is 19.1 Å². The normalized spacial score (nSPS) is 18.4. The molecule has 0 aromatic heterocycles. The molecule has 2 aromatic rings. The molecule has 0 bridgehead atoms. The Morgan fingerprint density at radius 3 is 2.19 bits per heavy atom. The average Bonchev–Trinajstić information content (AvgIpc) is 2.77. The lowest BCUT2D eigenvalue weighted by atomic mass is 10.1. The maximum absolute atomic E-state index is 12.7. The summed E-state index contributed by atoms with van der Waals surface area (Å²) in [6.07, 6.45) is 0.0446. The van der Waals surface area contributed by atoms with Crippen molar-refractivity contribution in [2.75, 3.05) is 26.7 Å². The van der Waals surface area contributed by atoms with Crippen LogP contribution in [0.5, 0.6) is 0 Å². The van der Waals surface area contributed by atoms with E-state index >= 15 is 0 Å². The Labute approximate surface area is 183 Å². The smallest absolute Gasteiger partial charge is 0.254 e. The van der Waals surface area contributed by atoms with E-state index in [2.05, 4.69) is 5.32 Å². The van der Waals surface area contributed by atoms with Crippen LogP contribution in [0.3, 0.4) is 0 Å². The number of morpholine rings is 1. The molecule has 1 heterocycles. The first-order chi connectivity index (χ1) is 14.8. The summed E-state index contributed by atoms with van der Waals surface area (Å²) >= 11 is 0. The van der Waals surface area contributed by atoms with Crippen LogP contribution in [0.2, 0.25) is 0 Å². The van der Waals surface area contributed by atoms with Crippen LogP contribution in [0.15, 0.2) is 54.6 Å². The minimum absolute atomic E-state index is 0.0152. The topological polar surface area (TPSA) is 79.0 Å². The van der Waals surface area contributed by atoms with Gasteiger partial charge >= 0.3 is 0 Å². The average molecular weight is 424 g/mol. The fraction of sp³-hybridized carbons (Fsp3) is 0.375. The first kappa shape index (κ1) is 22.5. The second kappa shape index (κ2) is 10.2. The van der Waals surface area contributed by atoms with Crippen LogP contribution >= 0.6 is 0 Å². The van der Waals surface area contributed by atoms with Crippen molar-refractivity contribution in [1.29, 1.82) is 0 Å². The highest BCUT2D eigenvalue weighted by atomic mass is 16.5. The molecule has 164 valence electrons. The number of nitrogens with one attached hydrogen (secondary N) is 1. The third kappa shape index (κ3) is 6.15. The summed E-state index contributed by atoms with van der Waals surface area (Å²) in [6.45, 7) is 5.38. The summed E-state index contributed by atoms with van der Waals surface area (Å²) in [7, 11) is 1.60. The van der Waals surface area contributed by atoms with Crippen molar-refractivity contribution in [3.05, 3.63) is 71.3 Å². The van der Waals surface area contributed by atoms with Crippen LogP contribution in [0.1, 0.15) is 40.1 Å². The summed E-state index contributed by atoms with van der Waals surface area (Å²) in [5.41, 5.74) is 2.04. The van der Waals surface area contributed by atoms with Crippen molar-refractivity contribution in [2.45, 2.75) is 32.6 Å². The first-order valence-electron chi connectivity index (χ1n) is 10.4. The number of nitrogens with zero attached hydrogens (tertiary/aromatic N) is 2. The number of carbonyl (C=O) groups is 3. The molecule has 0 saturated carbocycles. The fourth-order valence-corrected chi connectivity index (χ4v) is 3.64. The molecule has 1 N–H and O–H groups in total. The maximum Gasteiger partial charge on any atom is 0.254 e. The van der Waals surface area contributed by atoms with Crippen molar-refractivity contribution in [1.82, 2.24) is 15.1 Å². The zero-order valence-corrected chi connectivity index (χ0v) is 18.2. The van der Waals surface area contributed by atoms with Gasteiger partial charge in [0, 0.05) is 37.8 Å².